The fourth-order valence-corrected chi connectivity index (χ4v) is 2.65. The van der Waals surface area contributed by atoms with Crippen molar-refractivity contribution in [2.24, 2.45) is 5.73 Å². The molecule has 0 aliphatic rings. The van der Waals surface area contributed by atoms with E-state index in [4.69, 9.17) is 10.2 Å². The predicted molar refractivity (Wildman–Crippen MR) is 82.4 cm³/mol. The van der Waals surface area contributed by atoms with Crippen molar-refractivity contribution in [3.05, 3.63) is 59.5 Å². The van der Waals surface area contributed by atoms with E-state index in [9.17, 15) is 0 Å². The van der Waals surface area contributed by atoms with Crippen LogP contribution in [0.4, 0.5) is 0 Å². The minimum Gasteiger partial charge on any atom is -0.468 e. The molecule has 0 aliphatic heterocycles. The van der Waals surface area contributed by atoms with Gasteiger partial charge in [-0.05, 0) is 38.1 Å². The SMILES string of the molecule is CCC(N)C(c1cccc(C)c1)N(C)Cc1ccco1. The zero-order chi connectivity index (χ0) is 14.5. The van der Waals surface area contributed by atoms with Gasteiger partial charge in [0.25, 0.3) is 0 Å². The van der Waals surface area contributed by atoms with Crippen LogP contribution in [0.1, 0.15) is 36.3 Å². The lowest BCUT2D eigenvalue weighted by Gasteiger charge is -2.32. The molecule has 20 heavy (non-hydrogen) atoms. The second kappa shape index (κ2) is 6.73. The van der Waals surface area contributed by atoms with Crippen LogP contribution in [0.3, 0.4) is 0 Å². The van der Waals surface area contributed by atoms with E-state index in [1.165, 1.54) is 11.1 Å². The Bertz CT molecular complexity index is 522. The smallest absolute Gasteiger partial charge is 0.117 e. The average Bonchev–Trinajstić information content (AvgIpc) is 2.91. The number of nitrogens with two attached hydrogens (primary N) is 1. The summed E-state index contributed by atoms with van der Waals surface area (Å²) in [4.78, 5) is 2.27. The molecule has 0 radical (unpaired) electrons. The van der Waals surface area contributed by atoms with E-state index in [1.54, 1.807) is 6.26 Å². The van der Waals surface area contributed by atoms with Gasteiger partial charge >= 0.3 is 0 Å². The van der Waals surface area contributed by atoms with Gasteiger partial charge in [-0.15, -0.1) is 0 Å². The number of furan rings is 1. The number of likely N-dealkylation sites (N-methyl/N-ethyl adjacent to an activating group) is 1. The van der Waals surface area contributed by atoms with Gasteiger partial charge in [0.1, 0.15) is 5.76 Å². The molecule has 2 rings (SSSR count). The Morgan fingerprint density at radius 2 is 2.05 bits per heavy atom. The summed E-state index contributed by atoms with van der Waals surface area (Å²) in [6.45, 7) is 5.01. The third-order valence-corrected chi connectivity index (χ3v) is 3.72. The summed E-state index contributed by atoms with van der Waals surface area (Å²) < 4.78 is 5.44. The predicted octanol–water partition coefficient (Wildman–Crippen LogP) is 3.50. The van der Waals surface area contributed by atoms with Crippen LogP contribution >= 0.6 is 0 Å². The Morgan fingerprint density at radius 1 is 1.25 bits per heavy atom. The van der Waals surface area contributed by atoms with E-state index in [2.05, 4.69) is 50.1 Å². The molecular formula is C17H24N2O. The third kappa shape index (κ3) is 3.50. The molecule has 2 aromatic rings. The summed E-state index contributed by atoms with van der Waals surface area (Å²) in [7, 11) is 2.10. The fraction of sp³-hybridized carbons (Fsp3) is 0.412. The molecule has 1 heterocycles. The van der Waals surface area contributed by atoms with Gasteiger partial charge in [-0.25, -0.2) is 0 Å². The van der Waals surface area contributed by atoms with Crippen molar-refractivity contribution in [2.75, 3.05) is 7.05 Å². The molecule has 2 unspecified atom stereocenters. The Labute approximate surface area is 121 Å². The molecule has 0 aliphatic carbocycles. The maximum absolute atomic E-state index is 6.36. The number of hydrogen-bond donors (Lipinski definition) is 1. The van der Waals surface area contributed by atoms with Gasteiger partial charge in [0.05, 0.1) is 18.8 Å². The Balaban J connectivity index is 2.23. The van der Waals surface area contributed by atoms with Crippen molar-refractivity contribution >= 4 is 0 Å². The molecule has 0 amide bonds. The molecule has 2 N–H and O–H groups in total. The van der Waals surface area contributed by atoms with E-state index in [0.717, 1.165) is 18.7 Å². The van der Waals surface area contributed by atoms with Crippen molar-refractivity contribution in [1.82, 2.24) is 4.90 Å². The number of benzene rings is 1. The van der Waals surface area contributed by atoms with Gasteiger partial charge in [-0.3, -0.25) is 4.90 Å². The summed E-state index contributed by atoms with van der Waals surface area (Å²) in [6, 6.07) is 12.8. The van der Waals surface area contributed by atoms with E-state index in [-0.39, 0.29) is 12.1 Å². The first-order chi connectivity index (χ1) is 9.61. The van der Waals surface area contributed by atoms with Gasteiger partial charge in [0, 0.05) is 6.04 Å². The van der Waals surface area contributed by atoms with Crippen LogP contribution in [0.5, 0.6) is 0 Å². The highest BCUT2D eigenvalue weighted by molar-refractivity contribution is 5.26. The minimum atomic E-state index is 0.108. The van der Waals surface area contributed by atoms with Crippen LogP contribution in [-0.4, -0.2) is 18.0 Å². The van der Waals surface area contributed by atoms with E-state index in [0.29, 0.717) is 0 Å². The molecule has 2 atom stereocenters. The Morgan fingerprint density at radius 3 is 2.65 bits per heavy atom. The molecule has 0 saturated carbocycles. The van der Waals surface area contributed by atoms with Gasteiger partial charge in [-0.1, -0.05) is 36.8 Å². The van der Waals surface area contributed by atoms with Gasteiger partial charge in [0.15, 0.2) is 0 Å². The van der Waals surface area contributed by atoms with Crippen molar-refractivity contribution in [1.29, 1.82) is 0 Å². The molecule has 108 valence electrons. The summed E-state index contributed by atoms with van der Waals surface area (Å²) >= 11 is 0. The highest BCUT2D eigenvalue weighted by atomic mass is 16.3. The van der Waals surface area contributed by atoms with Crippen LogP contribution in [0.15, 0.2) is 47.1 Å². The Hall–Kier alpha value is -1.58. The highest BCUT2D eigenvalue weighted by Crippen LogP contribution is 2.26. The van der Waals surface area contributed by atoms with Crippen molar-refractivity contribution in [3.8, 4) is 0 Å². The molecular weight excluding hydrogens is 248 g/mol. The molecule has 0 bridgehead atoms. The molecule has 3 heteroatoms. The van der Waals surface area contributed by atoms with Crippen molar-refractivity contribution in [3.63, 3.8) is 0 Å². The molecule has 3 nitrogen and oxygen atoms in total. The average molecular weight is 272 g/mol. The molecule has 1 aromatic heterocycles. The zero-order valence-electron chi connectivity index (χ0n) is 12.5. The van der Waals surface area contributed by atoms with E-state index >= 15 is 0 Å². The molecule has 0 spiro atoms. The maximum atomic E-state index is 6.36. The first kappa shape index (κ1) is 14.8. The van der Waals surface area contributed by atoms with Crippen molar-refractivity contribution in [2.45, 2.75) is 38.9 Å². The summed E-state index contributed by atoms with van der Waals surface area (Å²) in [6.07, 6.45) is 2.66. The quantitative estimate of drug-likeness (QED) is 0.875. The third-order valence-electron chi connectivity index (χ3n) is 3.72. The molecule has 0 saturated heterocycles. The number of rotatable bonds is 6. The lowest BCUT2D eigenvalue weighted by molar-refractivity contribution is 0.188. The maximum Gasteiger partial charge on any atom is 0.117 e. The number of aryl methyl sites for hydroxylation is 1. The van der Waals surface area contributed by atoms with Crippen molar-refractivity contribution < 1.29 is 4.42 Å². The summed E-state index contributed by atoms with van der Waals surface area (Å²) in [5.74, 6) is 0.966. The number of hydrogen-bond acceptors (Lipinski definition) is 3. The molecule has 0 fully saturated rings. The highest BCUT2D eigenvalue weighted by Gasteiger charge is 2.23. The minimum absolute atomic E-state index is 0.108. The Kier molecular flexibility index (Phi) is 4.99. The second-order valence-electron chi connectivity index (χ2n) is 5.43. The van der Waals surface area contributed by atoms with Crippen LogP contribution < -0.4 is 5.73 Å². The van der Waals surface area contributed by atoms with Gasteiger partial charge in [0.2, 0.25) is 0 Å². The number of nitrogens with zero attached hydrogens (tertiary/aromatic N) is 1. The van der Waals surface area contributed by atoms with Crippen LogP contribution in [0.25, 0.3) is 0 Å². The normalized spacial score (nSPS) is 14.4. The standard InChI is InChI=1S/C17H24N2O/c1-4-16(18)17(14-8-5-7-13(2)11-14)19(3)12-15-9-6-10-20-15/h5-11,16-17H,4,12,18H2,1-3H3. The largest absolute Gasteiger partial charge is 0.468 e. The van der Waals surface area contributed by atoms with Gasteiger partial charge < -0.3 is 10.2 Å². The van der Waals surface area contributed by atoms with E-state index in [1.807, 2.05) is 12.1 Å². The summed E-state index contributed by atoms with van der Waals surface area (Å²) in [5.41, 5.74) is 8.89. The molecule has 1 aromatic carbocycles. The lowest BCUT2D eigenvalue weighted by Crippen LogP contribution is -2.38. The first-order valence-corrected chi connectivity index (χ1v) is 7.16. The van der Waals surface area contributed by atoms with Gasteiger partial charge in [-0.2, -0.15) is 0 Å². The van der Waals surface area contributed by atoms with E-state index < -0.39 is 0 Å². The monoisotopic (exact) mass is 272 g/mol. The fourth-order valence-electron chi connectivity index (χ4n) is 2.65. The topological polar surface area (TPSA) is 42.4 Å². The first-order valence-electron chi connectivity index (χ1n) is 7.16. The second-order valence-corrected chi connectivity index (χ2v) is 5.43. The van der Waals surface area contributed by atoms with Crippen LogP contribution in [0, 0.1) is 6.92 Å². The zero-order valence-corrected chi connectivity index (χ0v) is 12.5. The van der Waals surface area contributed by atoms with Crippen LogP contribution in [-0.2, 0) is 6.54 Å². The summed E-state index contributed by atoms with van der Waals surface area (Å²) in [5, 5.41) is 0. The lowest BCUT2D eigenvalue weighted by atomic mass is 9.95. The van der Waals surface area contributed by atoms with Crippen LogP contribution in [0.2, 0.25) is 0 Å².